The molecule has 0 aliphatic carbocycles. The van der Waals surface area contributed by atoms with Gasteiger partial charge in [0.2, 0.25) is 5.91 Å². The van der Waals surface area contributed by atoms with Crippen molar-refractivity contribution in [2.24, 2.45) is 0 Å². The summed E-state index contributed by atoms with van der Waals surface area (Å²) in [5.41, 5.74) is 1.74. The molecule has 3 aromatic rings. The van der Waals surface area contributed by atoms with E-state index in [1.54, 1.807) is 31.4 Å². The first-order valence-corrected chi connectivity index (χ1v) is 8.90. The van der Waals surface area contributed by atoms with Gasteiger partial charge in [-0.15, -0.1) is 0 Å². The van der Waals surface area contributed by atoms with E-state index in [-0.39, 0.29) is 24.8 Å². The van der Waals surface area contributed by atoms with Crippen LogP contribution in [0.2, 0.25) is 0 Å². The van der Waals surface area contributed by atoms with Crippen LogP contribution in [-0.2, 0) is 9.53 Å². The van der Waals surface area contributed by atoms with Crippen molar-refractivity contribution in [1.82, 2.24) is 15.5 Å². The molecule has 146 valence electrons. The second-order valence-corrected chi connectivity index (χ2v) is 6.04. The molecule has 0 aliphatic rings. The summed E-state index contributed by atoms with van der Waals surface area (Å²) in [6, 6.07) is 14.5. The number of ether oxygens (including phenoxy) is 2. The Labute approximate surface area is 162 Å². The monoisotopic (exact) mass is 382 g/mol. The minimum Gasteiger partial charge on any atom is -0.491 e. The molecule has 0 saturated heterocycles. The number of anilines is 1. The zero-order chi connectivity index (χ0) is 19.8. The van der Waals surface area contributed by atoms with Gasteiger partial charge in [-0.3, -0.25) is 14.7 Å². The maximum atomic E-state index is 12.3. The SMILES string of the molecule is COCCOc1cccc(NC(=O)CCNC(=O)c2n[nH]c3ccccc23)c1. The van der Waals surface area contributed by atoms with Crippen molar-refractivity contribution in [1.29, 1.82) is 0 Å². The lowest BCUT2D eigenvalue weighted by Crippen LogP contribution is -2.28. The van der Waals surface area contributed by atoms with Crippen molar-refractivity contribution in [3.05, 3.63) is 54.2 Å². The van der Waals surface area contributed by atoms with Crippen LogP contribution < -0.4 is 15.4 Å². The van der Waals surface area contributed by atoms with Crippen LogP contribution in [0.5, 0.6) is 5.75 Å². The zero-order valence-corrected chi connectivity index (χ0v) is 15.5. The van der Waals surface area contributed by atoms with Crippen LogP contribution in [0.4, 0.5) is 5.69 Å². The third-order valence-electron chi connectivity index (χ3n) is 4.00. The molecule has 0 unspecified atom stereocenters. The van der Waals surface area contributed by atoms with Gasteiger partial charge in [0.15, 0.2) is 5.69 Å². The highest BCUT2D eigenvalue weighted by atomic mass is 16.5. The van der Waals surface area contributed by atoms with Crippen LogP contribution in [0.1, 0.15) is 16.9 Å². The molecular weight excluding hydrogens is 360 g/mol. The van der Waals surface area contributed by atoms with Gasteiger partial charge in [0.25, 0.3) is 5.91 Å². The summed E-state index contributed by atoms with van der Waals surface area (Å²) in [7, 11) is 1.60. The zero-order valence-electron chi connectivity index (χ0n) is 15.5. The third kappa shape index (κ3) is 5.08. The fourth-order valence-electron chi connectivity index (χ4n) is 2.64. The Kier molecular flexibility index (Phi) is 6.59. The minimum absolute atomic E-state index is 0.142. The molecule has 1 aromatic heterocycles. The first-order valence-electron chi connectivity index (χ1n) is 8.90. The van der Waals surface area contributed by atoms with Crippen LogP contribution in [0.3, 0.4) is 0 Å². The number of benzene rings is 2. The second kappa shape index (κ2) is 9.52. The standard InChI is InChI=1S/C20H22N4O4/c1-27-11-12-28-15-6-4-5-14(13-15)22-18(25)9-10-21-20(26)19-16-7-2-3-8-17(16)23-24-19/h2-8,13H,9-12H2,1H3,(H,21,26)(H,22,25)(H,23,24). The Bertz CT molecular complexity index is 954. The van der Waals surface area contributed by atoms with E-state index >= 15 is 0 Å². The van der Waals surface area contributed by atoms with Crippen LogP contribution in [0.25, 0.3) is 10.9 Å². The summed E-state index contributed by atoms with van der Waals surface area (Å²) in [5.74, 6) is 0.119. The van der Waals surface area contributed by atoms with Crippen LogP contribution >= 0.6 is 0 Å². The van der Waals surface area contributed by atoms with Gasteiger partial charge in [-0.05, 0) is 18.2 Å². The van der Waals surface area contributed by atoms with Crippen LogP contribution in [0, 0.1) is 0 Å². The molecule has 0 fully saturated rings. The molecule has 0 radical (unpaired) electrons. The summed E-state index contributed by atoms with van der Waals surface area (Å²) in [6.07, 6.45) is 0.142. The number of H-pyrrole nitrogens is 1. The molecule has 3 rings (SSSR count). The van der Waals surface area contributed by atoms with E-state index in [1.807, 2.05) is 24.3 Å². The van der Waals surface area contributed by atoms with Crippen molar-refractivity contribution < 1.29 is 19.1 Å². The van der Waals surface area contributed by atoms with E-state index in [1.165, 1.54) is 0 Å². The van der Waals surface area contributed by atoms with Crippen LogP contribution in [0.15, 0.2) is 48.5 Å². The van der Waals surface area contributed by atoms with Gasteiger partial charge >= 0.3 is 0 Å². The normalized spacial score (nSPS) is 10.6. The van der Waals surface area contributed by atoms with Crippen molar-refractivity contribution in [2.45, 2.75) is 6.42 Å². The van der Waals surface area contributed by atoms with Gasteiger partial charge in [-0.25, -0.2) is 0 Å². The summed E-state index contributed by atoms with van der Waals surface area (Å²) < 4.78 is 10.5. The Balaban J connectivity index is 1.47. The highest BCUT2D eigenvalue weighted by Gasteiger charge is 2.13. The average Bonchev–Trinajstić information content (AvgIpc) is 3.13. The number of nitrogens with one attached hydrogen (secondary N) is 3. The molecule has 3 N–H and O–H groups in total. The van der Waals surface area contributed by atoms with E-state index in [2.05, 4.69) is 20.8 Å². The number of para-hydroxylation sites is 1. The first-order chi connectivity index (χ1) is 13.7. The topological polar surface area (TPSA) is 105 Å². The highest BCUT2D eigenvalue weighted by Crippen LogP contribution is 2.17. The van der Waals surface area contributed by atoms with Gasteiger partial charge in [0.05, 0.1) is 12.1 Å². The molecule has 28 heavy (non-hydrogen) atoms. The Morgan fingerprint density at radius 3 is 2.82 bits per heavy atom. The van der Waals surface area contributed by atoms with Gasteiger partial charge < -0.3 is 20.1 Å². The van der Waals surface area contributed by atoms with E-state index in [4.69, 9.17) is 9.47 Å². The predicted molar refractivity (Wildman–Crippen MR) is 105 cm³/mol. The van der Waals surface area contributed by atoms with Crippen molar-refractivity contribution in [3.8, 4) is 5.75 Å². The third-order valence-corrected chi connectivity index (χ3v) is 4.00. The van der Waals surface area contributed by atoms with Crippen molar-refractivity contribution in [2.75, 3.05) is 32.2 Å². The molecule has 0 aliphatic heterocycles. The summed E-state index contributed by atoms with van der Waals surface area (Å²) in [4.78, 5) is 24.4. The number of aromatic nitrogens is 2. The number of carbonyl (C=O) groups is 2. The van der Waals surface area contributed by atoms with Crippen molar-refractivity contribution in [3.63, 3.8) is 0 Å². The number of rotatable bonds is 9. The fraction of sp³-hybridized carbons (Fsp3) is 0.250. The molecule has 0 saturated carbocycles. The molecule has 8 nitrogen and oxygen atoms in total. The number of fused-ring (bicyclic) bond motifs is 1. The maximum Gasteiger partial charge on any atom is 0.272 e. The molecule has 0 bridgehead atoms. The molecule has 2 aromatic carbocycles. The fourth-order valence-corrected chi connectivity index (χ4v) is 2.64. The molecule has 0 spiro atoms. The van der Waals surface area contributed by atoms with Crippen LogP contribution in [-0.4, -0.2) is 48.9 Å². The van der Waals surface area contributed by atoms with E-state index in [9.17, 15) is 9.59 Å². The number of hydrogen-bond donors (Lipinski definition) is 3. The van der Waals surface area contributed by atoms with Gasteiger partial charge in [0.1, 0.15) is 12.4 Å². The maximum absolute atomic E-state index is 12.3. The minimum atomic E-state index is -0.321. The largest absolute Gasteiger partial charge is 0.491 e. The molecule has 2 amide bonds. The summed E-state index contributed by atoms with van der Waals surface area (Å²) in [5, 5.41) is 13.1. The number of amides is 2. The molecule has 8 heteroatoms. The predicted octanol–water partition coefficient (Wildman–Crippen LogP) is 2.35. The lowest BCUT2D eigenvalue weighted by atomic mass is 10.2. The number of methoxy groups -OCH3 is 1. The van der Waals surface area contributed by atoms with E-state index < -0.39 is 0 Å². The van der Waals surface area contributed by atoms with Gasteiger partial charge in [-0.2, -0.15) is 5.10 Å². The number of nitrogens with zero attached hydrogens (tertiary/aromatic N) is 1. The number of aromatic amines is 1. The first kappa shape index (κ1) is 19.4. The smallest absolute Gasteiger partial charge is 0.272 e. The van der Waals surface area contributed by atoms with Crippen molar-refractivity contribution >= 4 is 28.4 Å². The lowest BCUT2D eigenvalue weighted by molar-refractivity contribution is -0.116. The quantitative estimate of drug-likeness (QED) is 0.493. The second-order valence-electron chi connectivity index (χ2n) is 6.04. The van der Waals surface area contributed by atoms with E-state index in [0.717, 1.165) is 10.9 Å². The van der Waals surface area contributed by atoms with Gasteiger partial charge in [0, 0.05) is 37.2 Å². The van der Waals surface area contributed by atoms with Gasteiger partial charge in [-0.1, -0.05) is 24.3 Å². The molecule has 1 heterocycles. The molecular formula is C20H22N4O4. The number of carbonyl (C=O) groups excluding carboxylic acids is 2. The summed E-state index contributed by atoms with van der Waals surface area (Å²) in [6.45, 7) is 1.12. The Morgan fingerprint density at radius 2 is 1.96 bits per heavy atom. The average molecular weight is 382 g/mol. The Hall–Kier alpha value is -3.39. The van der Waals surface area contributed by atoms with E-state index in [0.29, 0.717) is 30.3 Å². The molecule has 0 atom stereocenters. The Morgan fingerprint density at radius 1 is 1.11 bits per heavy atom. The highest BCUT2D eigenvalue weighted by molar-refractivity contribution is 6.04. The number of hydrogen-bond acceptors (Lipinski definition) is 5. The summed E-state index contributed by atoms with van der Waals surface area (Å²) >= 11 is 0. The lowest BCUT2D eigenvalue weighted by Gasteiger charge is -2.09.